The van der Waals surface area contributed by atoms with Gasteiger partial charge < -0.3 is 10.2 Å². The molecule has 1 heterocycles. The van der Waals surface area contributed by atoms with Crippen molar-refractivity contribution in [1.82, 2.24) is 5.32 Å². The van der Waals surface area contributed by atoms with Crippen LogP contribution in [0.25, 0.3) is 0 Å². The Kier molecular flexibility index (Phi) is 5.51. The predicted molar refractivity (Wildman–Crippen MR) is 97.5 cm³/mol. The van der Waals surface area contributed by atoms with Crippen molar-refractivity contribution in [3.63, 3.8) is 0 Å². The first kappa shape index (κ1) is 19.0. The van der Waals surface area contributed by atoms with Gasteiger partial charge in [0.15, 0.2) is 0 Å². The number of hydrogen-bond acceptors (Lipinski definition) is 3. The molecule has 8 heteroatoms. The Labute approximate surface area is 162 Å². The highest BCUT2D eigenvalue weighted by Gasteiger charge is 2.36. The maximum atomic E-state index is 13.9. The Morgan fingerprint density at radius 1 is 1.30 bits per heavy atom. The summed E-state index contributed by atoms with van der Waals surface area (Å²) in [6, 6.07) is 10.4. The number of hydrogen-bond donors (Lipinski definition) is 1. The van der Waals surface area contributed by atoms with Crippen molar-refractivity contribution in [2.45, 2.75) is 12.5 Å². The maximum Gasteiger partial charge on any atom is 0.227 e. The molecule has 1 N–H and O–H groups in total. The number of benzene rings is 2. The number of carbonyl (C=O) groups excluding carboxylic acids is 2. The van der Waals surface area contributed by atoms with E-state index in [1.54, 1.807) is 24.3 Å². The molecule has 1 saturated heterocycles. The zero-order chi connectivity index (χ0) is 19.6. The Morgan fingerprint density at radius 2 is 2.07 bits per heavy atom. The molecule has 2 aromatic rings. The van der Waals surface area contributed by atoms with E-state index >= 15 is 0 Å². The summed E-state index contributed by atoms with van der Waals surface area (Å²) in [6.45, 7) is 0.158. The SMILES string of the molecule is N#CC(NC(=O)C1CC(=O)N(c2cccc(Br)c2)C1)c1ccc(F)cc1F. The Morgan fingerprint density at radius 3 is 2.74 bits per heavy atom. The number of anilines is 1. The van der Waals surface area contributed by atoms with Gasteiger partial charge in [-0.05, 0) is 24.3 Å². The highest BCUT2D eigenvalue weighted by molar-refractivity contribution is 9.10. The van der Waals surface area contributed by atoms with Gasteiger partial charge in [-0.25, -0.2) is 8.78 Å². The molecule has 2 amide bonds. The molecule has 27 heavy (non-hydrogen) atoms. The first-order valence-electron chi connectivity index (χ1n) is 8.10. The number of nitrogens with one attached hydrogen (secondary N) is 1. The van der Waals surface area contributed by atoms with Crippen LogP contribution in [0.4, 0.5) is 14.5 Å². The van der Waals surface area contributed by atoms with Gasteiger partial charge in [0.05, 0.1) is 12.0 Å². The number of nitrogens with zero attached hydrogens (tertiary/aromatic N) is 2. The van der Waals surface area contributed by atoms with Crippen molar-refractivity contribution < 1.29 is 18.4 Å². The van der Waals surface area contributed by atoms with Gasteiger partial charge in [0, 0.05) is 34.8 Å². The monoisotopic (exact) mass is 433 g/mol. The van der Waals surface area contributed by atoms with E-state index in [0.29, 0.717) is 11.8 Å². The number of nitriles is 1. The molecular weight excluding hydrogens is 420 g/mol. The van der Waals surface area contributed by atoms with Crippen LogP contribution in [0.1, 0.15) is 18.0 Å². The summed E-state index contributed by atoms with van der Waals surface area (Å²) in [5.74, 6) is -3.10. The summed E-state index contributed by atoms with van der Waals surface area (Å²) in [5, 5.41) is 11.7. The highest BCUT2D eigenvalue weighted by Crippen LogP contribution is 2.28. The first-order chi connectivity index (χ1) is 12.9. The first-order valence-corrected chi connectivity index (χ1v) is 8.89. The normalized spacial score (nSPS) is 17.5. The van der Waals surface area contributed by atoms with E-state index in [9.17, 15) is 23.6 Å². The lowest BCUT2D eigenvalue weighted by molar-refractivity contribution is -0.126. The summed E-state index contributed by atoms with van der Waals surface area (Å²) in [4.78, 5) is 26.3. The van der Waals surface area contributed by atoms with Gasteiger partial charge in [0.25, 0.3) is 0 Å². The number of amides is 2. The number of rotatable bonds is 4. The van der Waals surface area contributed by atoms with Crippen molar-refractivity contribution in [3.05, 3.63) is 64.1 Å². The van der Waals surface area contributed by atoms with Gasteiger partial charge in [-0.1, -0.05) is 28.1 Å². The summed E-state index contributed by atoms with van der Waals surface area (Å²) in [6.07, 6.45) is -0.0115. The second kappa shape index (κ2) is 7.84. The average Bonchev–Trinajstić information content (AvgIpc) is 3.02. The molecule has 5 nitrogen and oxygen atoms in total. The minimum atomic E-state index is -1.27. The fourth-order valence-electron chi connectivity index (χ4n) is 2.95. The van der Waals surface area contributed by atoms with Crippen molar-refractivity contribution in [2.24, 2.45) is 5.92 Å². The van der Waals surface area contributed by atoms with Crippen LogP contribution in [0, 0.1) is 28.9 Å². The third-order valence-electron chi connectivity index (χ3n) is 4.30. The maximum absolute atomic E-state index is 13.9. The summed E-state index contributed by atoms with van der Waals surface area (Å²) in [7, 11) is 0. The molecule has 2 unspecified atom stereocenters. The molecule has 0 aliphatic carbocycles. The molecule has 0 spiro atoms. The van der Waals surface area contributed by atoms with Gasteiger partial charge in [0.1, 0.15) is 17.7 Å². The van der Waals surface area contributed by atoms with E-state index in [0.717, 1.165) is 16.6 Å². The van der Waals surface area contributed by atoms with E-state index in [1.807, 2.05) is 6.07 Å². The molecule has 0 aromatic heterocycles. The van der Waals surface area contributed by atoms with Gasteiger partial charge in [0.2, 0.25) is 11.8 Å². The largest absolute Gasteiger partial charge is 0.336 e. The number of halogens is 3. The van der Waals surface area contributed by atoms with Gasteiger partial charge in [-0.2, -0.15) is 5.26 Å². The van der Waals surface area contributed by atoms with Crippen LogP contribution in [0.3, 0.4) is 0 Å². The fraction of sp³-hybridized carbons (Fsp3) is 0.211. The molecule has 1 aliphatic heterocycles. The van der Waals surface area contributed by atoms with Crippen LogP contribution in [0.2, 0.25) is 0 Å². The van der Waals surface area contributed by atoms with Crippen LogP contribution >= 0.6 is 15.9 Å². The Bertz CT molecular complexity index is 945. The molecule has 0 saturated carbocycles. The lowest BCUT2D eigenvalue weighted by Crippen LogP contribution is -2.35. The van der Waals surface area contributed by atoms with E-state index in [1.165, 1.54) is 4.90 Å². The molecule has 2 atom stereocenters. The molecule has 2 aromatic carbocycles. The smallest absolute Gasteiger partial charge is 0.227 e. The average molecular weight is 434 g/mol. The third-order valence-corrected chi connectivity index (χ3v) is 4.80. The summed E-state index contributed by atoms with van der Waals surface area (Å²) < 4.78 is 27.7. The van der Waals surface area contributed by atoms with Crippen molar-refractivity contribution in [2.75, 3.05) is 11.4 Å². The fourth-order valence-corrected chi connectivity index (χ4v) is 3.34. The zero-order valence-electron chi connectivity index (χ0n) is 14.0. The quantitative estimate of drug-likeness (QED) is 0.801. The molecule has 138 valence electrons. The van der Waals surface area contributed by atoms with E-state index in [-0.39, 0.29) is 24.4 Å². The topological polar surface area (TPSA) is 73.2 Å². The van der Waals surface area contributed by atoms with Crippen LogP contribution in [-0.2, 0) is 9.59 Å². The lowest BCUT2D eigenvalue weighted by atomic mass is 10.0. The summed E-state index contributed by atoms with van der Waals surface area (Å²) >= 11 is 3.34. The molecular formula is C19H14BrF2N3O2. The van der Waals surface area contributed by atoms with Crippen LogP contribution in [0.5, 0.6) is 0 Å². The van der Waals surface area contributed by atoms with E-state index in [4.69, 9.17) is 0 Å². The van der Waals surface area contributed by atoms with Crippen molar-refractivity contribution >= 4 is 33.4 Å². The highest BCUT2D eigenvalue weighted by atomic mass is 79.9. The Balaban J connectivity index is 1.72. The van der Waals surface area contributed by atoms with Crippen molar-refractivity contribution in [1.29, 1.82) is 5.26 Å². The van der Waals surface area contributed by atoms with Gasteiger partial charge in [-0.3, -0.25) is 9.59 Å². The molecule has 0 radical (unpaired) electrons. The van der Waals surface area contributed by atoms with Crippen LogP contribution in [0.15, 0.2) is 46.9 Å². The lowest BCUT2D eigenvalue weighted by Gasteiger charge is -2.18. The third kappa shape index (κ3) is 4.14. The molecule has 0 bridgehead atoms. The summed E-state index contributed by atoms with van der Waals surface area (Å²) in [5.41, 5.74) is 0.534. The van der Waals surface area contributed by atoms with Gasteiger partial charge >= 0.3 is 0 Å². The second-order valence-electron chi connectivity index (χ2n) is 6.12. The van der Waals surface area contributed by atoms with Crippen LogP contribution < -0.4 is 10.2 Å². The zero-order valence-corrected chi connectivity index (χ0v) is 15.5. The molecule has 3 rings (SSSR count). The van der Waals surface area contributed by atoms with E-state index in [2.05, 4.69) is 21.2 Å². The predicted octanol–water partition coefficient (Wildman–Crippen LogP) is 3.46. The number of carbonyl (C=O) groups is 2. The second-order valence-corrected chi connectivity index (χ2v) is 7.04. The van der Waals surface area contributed by atoms with Gasteiger partial charge in [-0.15, -0.1) is 0 Å². The van der Waals surface area contributed by atoms with Crippen LogP contribution in [-0.4, -0.2) is 18.4 Å². The molecule has 1 fully saturated rings. The van der Waals surface area contributed by atoms with E-state index < -0.39 is 29.5 Å². The van der Waals surface area contributed by atoms with Crippen molar-refractivity contribution in [3.8, 4) is 6.07 Å². The minimum absolute atomic E-state index is 0.0115. The molecule has 1 aliphatic rings. The standard InChI is InChI=1S/C19H14BrF2N3O2/c20-12-2-1-3-14(7-12)25-10-11(6-18(25)26)19(27)24-17(9-23)15-5-4-13(21)8-16(15)22/h1-5,7-8,11,17H,6,10H2,(H,24,27). The minimum Gasteiger partial charge on any atom is -0.336 e. The Hall–Kier alpha value is -2.79.